The van der Waals surface area contributed by atoms with E-state index in [9.17, 15) is 18.4 Å². The average Bonchev–Trinajstić information content (AvgIpc) is 2.61. The Kier molecular flexibility index (Phi) is 4.78. The van der Waals surface area contributed by atoms with Gasteiger partial charge in [-0.1, -0.05) is 12.1 Å². The normalized spacial score (nSPS) is 15.4. The van der Waals surface area contributed by atoms with Crippen LogP contribution in [0.1, 0.15) is 0 Å². The molecular weight excluding hydrogens is 336 g/mol. The predicted molar refractivity (Wildman–Crippen MR) is 82.3 cm³/mol. The van der Waals surface area contributed by atoms with Gasteiger partial charge >= 0.3 is 5.97 Å². The van der Waals surface area contributed by atoms with Crippen molar-refractivity contribution in [3.63, 3.8) is 0 Å². The van der Waals surface area contributed by atoms with Crippen LogP contribution in [0.4, 0.5) is 14.5 Å². The number of hydrogen-bond acceptors (Lipinski definition) is 5. The van der Waals surface area contributed by atoms with Crippen LogP contribution in [0.5, 0.6) is 11.5 Å². The summed E-state index contributed by atoms with van der Waals surface area (Å²) >= 11 is 0. The topological polar surface area (TPSA) is 73.9 Å². The fraction of sp³-hybridized carbons (Fsp3) is 0.176. The number of ether oxygens (including phenoxy) is 3. The molecule has 0 saturated carbocycles. The Morgan fingerprint density at radius 2 is 1.92 bits per heavy atom. The molecule has 1 aliphatic rings. The number of para-hydroxylation sites is 2. The van der Waals surface area contributed by atoms with Crippen molar-refractivity contribution >= 4 is 17.6 Å². The highest BCUT2D eigenvalue weighted by molar-refractivity contribution is 5.93. The van der Waals surface area contributed by atoms with E-state index in [1.54, 1.807) is 24.3 Å². The van der Waals surface area contributed by atoms with Crippen LogP contribution in [0.25, 0.3) is 0 Å². The molecule has 1 aliphatic heterocycles. The van der Waals surface area contributed by atoms with Gasteiger partial charge in [-0.3, -0.25) is 4.79 Å². The highest BCUT2D eigenvalue weighted by Gasteiger charge is 2.29. The molecule has 0 saturated heterocycles. The number of rotatable bonds is 4. The van der Waals surface area contributed by atoms with Crippen molar-refractivity contribution in [1.29, 1.82) is 0 Å². The summed E-state index contributed by atoms with van der Waals surface area (Å²) in [5, 5.41) is 2.18. The maximum Gasteiger partial charge on any atom is 0.351 e. The molecule has 0 bridgehead atoms. The van der Waals surface area contributed by atoms with Crippen LogP contribution in [0.3, 0.4) is 0 Å². The van der Waals surface area contributed by atoms with E-state index < -0.39 is 36.2 Å². The van der Waals surface area contributed by atoms with Gasteiger partial charge in [0.25, 0.3) is 5.91 Å². The maximum absolute atomic E-state index is 13.4. The average molecular weight is 349 g/mol. The van der Waals surface area contributed by atoms with Gasteiger partial charge in [-0.2, -0.15) is 0 Å². The number of hydrogen-bond donors (Lipinski definition) is 1. The quantitative estimate of drug-likeness (QED) is 0.858. The second kappa shape index (κ2) is 7.16. The summed E-state index contributed by atoms with van der Waals surface area (Å²) in [5.74, 6) is -2.35. The first kappa shape index (κ1) is 16.7. The molecular formula is C17H13F2NO5. The van der Waals surface area contributed by atoms with Crippen LogP contribution >= 0.6 is 0 Å². The van der Waals surface area contributed by atoms with Crippen LogP contribution in [-0.2, 0) is 14.3 Å². The van der Waals surface area contributed by atoms with Gasteiger partial charge in [0, 0.05) is 6.07 Å². The third kappa shape index (κ3) is 4.03. The van der Waals surface area contributed by atoms with Gasteiger partial charge in [0.2, 0.25) is 6.10 Å². The Labute approximate surface area is 141 Å². The first-order chi connectivity index (χ1) is 12.0. The number of fused-ring (bicyclic) bond motifs is 1. The van der Waals surface area contributed by atoms with Gasteiger partial charge in [0.1, 0.15) is 18.2 Å². The predicted octanol–water partition coefficient (Wildman–Crippen LogP) is 2.29. The number of halogens is 2. The van der Waals surface area contributed by atoms with Crippen molar-refractivity contribution < 1.29 is 32.6 Å². The number of nitrogens with one attached hydrogen (secondary N) is 1. The minimum absolute atomic E-state index is 0.0515. The Hall–Kier alpha value is -3.16. The second-order valence-corrected chi connectivity index (χ2v) is 5.14. The maximum atomic E-state index is 13.4. The molecule has 0 aliphatic carbocycles. The molecule has 0 fully saturated rings. The summed E-state index contributed by atoms with van der Waals surface area (Å²) in [5.41, 5.74) is -0.214. The van der Waals surface area contributed by atoms with Crippen LogP contribution in [0, 0.1) is 11.6 Å². The third-order valence-corrected chi connectivity index (χ3v) is 3.32. The van der Waals surface area contributed by atoms with Crippen LogP contribution in [0.15, 0.2) is 42.5 Å². The van der Waals surface area contributed by atoms with E-state index >= 15 is 0 Å². The second-order valence-electron chi connectivity index (χ2n) is 5.14. The van der Waals surface area contributed by atoms with E-state index in [0.717, 1.165) is 12.1 Å². The first-order valence-electron chi connectivity index (χ1n) is 7.33. The van der Waals surface area contributed by atoms with Crippen LogP contribution < -0.4 is 14.8 Å². The van der Waals surface area contributed by atoms with Crippen LogP contribution in [-0.4, -0.2) is 31.2 Å². The Morgan fingerprint density at radius 1 is 1.16 bits per heavy atom. The summed E-state index contributed by atoms with van der Waals surface area (Å²) in [4.78, 5) is 23.7. The molecule has 1 atom stereocenters. The fourth-order valence-electron chi connectivity index (χ4n) is 2.14. The van der Waals surface area contributed by atoms with Gasteiger partial charge < -0.3 is 19.5 Å². The third-order valence-electron chi connectivity index (χ3n) is 3.32. The van der Waals surface area contributed by atoms with Crippen molar-refractivity contribution in [2.45, 2.75) is 6.10 Å². The lowest BCUT2D eigenvalue weighted by atomic mass is 10.2. The van der Waals surface area contributed by atoms with E-state index in [1.807, 2.05) is 0 Å². The molecule has 1 unspecified atom stereocenters. The number of carbonyl (C=O) groups excluding carboxylic acids is 2. The number of benzene rings is 2. The van der Waals surface area contributed by atoms with E-state index in [0.29, 0.717) is 17.6 Å². The number of carbonyl (C=O) groups is 2. The molecule has 1 amide bonds. The zero-order valence-corrected chi connectivity index (χ0v) is 12.8. The molecule has 1 heterocycles. The summed E-state index contributed by atoms with van der Waals surface area (Å²) in [6, 6.07) is 9.52. The highest BCUT2D eigenvalue weighted by atomic mass is 19.1. The van der Waals surface area contributed by atoms with Gasteiger partial charge in [-0.15, -0.1) is 0 Å². The Bertz CT molecular complexity index is 811. The summed E-state index contributed by atoms with van der Waals surface area (Å²) in [6.45, 7) is -0.693. The molecule has 0 spiro atoms. The monoisotopic (exact) mass is 349 g/mol. The van der Waals surface area contributed by atoms with Crippen molar-refractivity contribution in [3.05, 3.63) is 54.1 Å². The van der Waals surface area contributed by atoms with Gasteiger partial charge in [0.05, 0.1) is 5.69 Å². The summed E-state index contributed by atoms with van der Waals surface area (Å²) in [6.07, 6.45) is -1.01. The van der Waals surface area contributed by atoms with E-state index in [-0.39, 0.29) is 12.3 Å². The standard InChI is InChI=1S/C17H13F2NO5/c18-10-5-6-12(11(19)7-10)20-16(21)9-24-17(22)15-8-23-13-3-1-2-4-14(13)25-15/h1-7,15H,8-9H2,(H,20,21). The van der Waals surface area contributed by atoms with Crippen molar-refractivity contribution in [1.82, 2.24) is 0 Å². The van der Waals surface area contributed by atoms with Gasteiger partial charge in [0.15, 0.2) is 18.1 Å². The molecule has 130 valence electrons. The zero-order valence-electron chi connectivity index (χ0n) is 12.8. The SMILES string of the molecule is O=C(COC(=O)C1COc2ccccc2O1)Nc1ccc(F)cc1F. The minimum atomic E-state index is -1.01. The largest absolute Gasteiger partial charge is 0.485 e. The smallest absolute Gasteiger partial charge is 0.351 e. The molecule has 25 heavy (non-hydrogen) atoms. The van der Waals surface area contributed by atoms with Gasteiger partial charge in [-0.05, 0) is 24.3 Å². The van der Waals surface area contributed by atoms with Crippen molar-refractivity contribution in [2.75, 3.05) is 18.5 Å². The molecule has 8 heteroatoms. The highest BCUT2D eigenvalue weighted by Crippen LogP contribution is 2.31. The number of esters is 1. The number of anilines is 1. The van der Waals surface area contributed by atoms with Crippen LogP contribution in [0.2, 0.25) is 0 Å². The van der Waals surface area contributed by atoms with E-state index in [4.69, 9.17) is 14.2 Å². The lowest BCUT2D eigenvalue weighted by Crippen LogP contribution is -2.39. The molecule has 2 aromatic carbocycles. The molecule has 3 rings (SSSR count). The van der Waals surface area contributed by atoms with E-state index in [1.165, 1.54) is 0 Å². The summed E-state index contributed by atoms with van der Waals surface area (Å²) in [7, 11) is 0. The van der Waals surface area contributed by atoms with E-state index in [2.05, 4.69) is 5.32 Å². The molecule has 0 aromatic heterocycles. The van der Waals surface area contributed by atoms with Crippen molar-refractivity contribution in [2.24, 2.45) is 0 Å². The summed E-state index contributed by atoms with van der Waals surface area (Å²) < 4.78 is 41.9. The zero-order chi connectivity index (χ0) is 17.8. The Balaban J connectivity index is 1.51. The lowest BCUT2D eigenvalue weighted by molar-refractivity contribution is -0.156. The fourth-order valence-corrected chi connectivity index (χ4v) is 2.14. The lowest BCUT2D eigenvalue weighted by Gasteiger charge is -2.24. The minimum Gasteiger partial charge on any atom is -0.485 e. The number of amides is 1. The molecule has 6 nitrogen and oxygen atoms in total. The Morgan fingerprint density at radius 3 is 2.68 bits per heavy atom. The first-order valence-corrected chi connectivity index (χ1v) is 7.33. The molecule has 0 radical (unpaired) electrons. The van der Waals surface area contributed by atoms with Gasteiger partial charge in [-0.25, -0.2) is 13.6 Å². The molecule has 1 N–H and O–H groups in total. The van der Waals surface area contributed by atoms with Crippen molar-refractivity contribution in [3.8, 4) is 11.5 Å². The molecule has 2 aromatic rings.